The quantitative estimate of drug-likeness (QED) is 0.631. The van der Waals surface area contributed by atoms with Gasteiger partial charge in [-0.3, -0.25) is 16.3 Å². The third-order valence-corrected chi connectivity index (χ3v) is 2.77. The van der Waals surface area contributed by atoms with Crippen molar-refractivity contribution < 1.29 is 4.42 Å². The van der Waals surface area contributed by atoms with E-state index in [1.807, 2.05) is 12.1 Å². The molecule has 1 unspecified atom stereocenters. The number of nitrogens with two attached hydrogens (primary N) is 1. The molecule has 5 heteroatoms. The van der Waals surface area contributed by atoms with Crippen LogP contribution < -0.4 is 11.3 Å². The molecule has 0 fully saturated rings. The predicted octanol–water partition coefficient (Wildman–Crippen LogP) is 2.08. The van der Waals surface area contributed by atoms with E-state index in [9.17, 15) is 0 Å². The highest BCUT2D eigenvalue weighted by Gasteiger charge is 2.13. The zero-order valence-electron chi connectivity index (χ0n) is 8.56. The summed E-state index contributed by atoms with van der Waals surface area (Å²) in [4.78, 5) is 3.94. The standard InChI is InChI=1S/C11H12ClN3O/c12-10-6-14-3-1-8(10)5-11(15-13)9-2-4-16-7-9/h1-4,6-7,11,15H,5,13H2. The summed E-state index contributed by atoms with van der Waals surface area (Å²) in [6.07, 6.45) is 7.31. The lowest BCUT2D eigenvalue weighted by Gasteiger charge is -2.14. The summed E-state index contributed by atoms with van der Waals surface area (Å²) < 4.78 is 5.02. The summed E-state index contributed by atoms with van der Waals surface area (Å²) in [6.45, 7) is 0. The summed E-state index contributed by atoms with van der Waals surface area (Å²) >= 11 is 6.03. The van der Waals surface area contributed by atoms with Crippen molar-refractivity contribution in [2.45, 2.75) is 12.5 Å². The molecule has 84 valence electrons. The first kappa shape index (κ1) is 11.1. The fourth-order valence-electron chi connectivity index (χ4n) is 1.54. The molecule has 0 aliphatic carbocycles. The maximum absolute atomic E-state index is 6.03. The van der Waals surface area contributed by atoms with E-state index >= 15 is 0 Å². The van der Waals surface area contributed by atoms with Crippen LogP contribution in [0.15, 0.2) is 41.5 Å². The van der Waals surface area contributed by atoms with Crippen LogP contribution in [0.1, 0.15) is 17.2 Å². The molecule has 0 spiro atoms. The van der Waals surface area contributed by atoms with Crippen molar-refractivity contribution in [1.82, 2.24) is 10.4 Å². The lowest BCUT2D eigenvalue weighted by molar-refractivity contribution is 0.525. The Balaban J connectivity index is 2.17. The fourth-order valence-corrected chi connectivity index (χ4v) is 1.73. The van der Waals surface area contributed by atoms with Crippen LogP contribution in [-0.2, 0) is 6.42 Å². The Hall–Kier alpha value is -1.36. The molecule has 16 heavy (non-hydrogen) atoms. The predicted molar refractivity (Wildman–Crippen MR) is 61.7 cm³/mol. The lowest BCUT2D eigenvalue weighted by Crippen LogP contribution is -2.29. The number of furan rings is 1. The molecule has 1 atom stereocenters. The Kier molecular flexibility index (Phi) is 3.56. The van der Waals surface area contributed by atoms with Gasteiger partial charge < -0.3 is 4.42 Å². The lowest BCUT2D eigenvalue weighted by atomic mass is 10.0. The Morgan fingerprint density at radius 3 is 3.00 bits per heavy atom. The van der Waals surface area contributed by atoms with Crippen molar-refractivity contribution in [3.05, 3.63) is 53.2 Å². The van der Waals surface area contributed by atoms with Crippen LogP contribution in [0.2, 0.25) is 5.02 Å². The van der Waals surface area contributed by atoms with Gasteiger partial charge in [0.25, 0.3) is 0 Å². The van der Waals surface area contributed by atoms with Gasteiger partial charge in [-0.2, -0.15) is 0 Å². The van der Waals surface area contributed by atoms with Gasteiger partial charge in [0.1, 0.15) is 0 Å². The molecule has 2 aromatic heterocycles. The van der Waals surface area contributed by atoms with Crippen molar-refractivity contribution >= 4 is 11.6 Å². The van der Waals surface area contributed by atoms with E-state index in [0.717, 1.165) is 11.1 Å². The number of nitrogens with zero attached hydrogens (tertiary/aromatic N) is 1. The minimum absolute atomic E-state index is 0.0151. The number of pyridine rings is 1. The molecule has 0 aliphatic heterocycles. The minimum atomic E-state index is -0.0151. The minimum Gasteiger partial charge on any atom is -0.472 e. The Bertz CT molecular complexity index is 444. The number of nitrogens with one attached hydrogen (secondary N) is 1. The molecule has 0 aliphatic rings. The number of hydrogen-bond donors (Lipinski definition) is 2. The Morgan fingerprint density at radius 1 is 1.50 bits per heavy atom. The van der Waals surface area contributed by atoms with Crippen molar-refractivity contribution in [3.63, 3.8) is 0 Å². The molecular weight excluding hydrogens is 226 g/mol. The molecule has 0 saturated carbocycles. The summed E-state index contributed by atoms with van der Waals surface area (Å²) in [5.74, 6) is 5.51. The van der Waals surface area contributed by atoms with Crippen molar-refractivity contribution in [2.75, 3.05) is 0 Å². The molecule has 3 N–H and O–H groups in total. The molecule has 0 radical (unpaired) electrons. The van der Waals surface area contributed by atoms with E-state index in [0.29, 0.717) is 11.4 Å². The third-order valence-electron chi connectivity index (χ3n) is 2.43. The monoisotopic (exact) mass is 237 g/mol. The average Bonchev–Trinajstić information content (AvgIpc) is 2.81. The van der Waals surface area contributed by atoms with Gasteiger partial charge in [0.15, 0.2) is 0 Å². The highest BCUT2D eigenvalue weighted by Crippen LogP contribution is 2.22. The smallest absolute Gasteiger partial charge is 0.0950 e. The maximum Gasteiger partial charge on any atom is 0.0950 e. The first-order valence-corrected chi connectivity index (χ1v) is 5.25. The highest BCUT2D eigenvalue weighted by atomic mass is 35.5. The zero-order chi connectivity index (χ0) is 11.4. The van der Waals surface area contributed by atoms with Crippen LogP contribution in [0.3, 0.4) is 0 Å². The van der Waals surface area contributed by atoms with Gasteiger partial charge in [-0.05, 0) is 24.1 Å². The van der Waals surface area contributed by atoms with Gasteiger partial charge in [0.2, 0.25) is 0 Å². The van der Waals surface area contributed by atoms with Gasteiger partial charge in [-0.1, -0.05) is 11.6 Å². The SMILES string of the molecule is NNC(Cc1ccncc1Cl)c1ccoc1. The number of halogens is 1. The third kappa shape index (κ3) is 2.41. The van der Waals surface area contributed by atoms with Crippen molar-refractivity contribution in [3.8, 4) is 0 Å². The second-order valence-electron chi connectivity index (χ2n) is 3.45. The number of aromatic nitrogens is 1. The number of rotatable bonds is 4. The Morgan fingerprint density at radius 2 is 2.38 bits per heavy atom. The molecule has 0 bridgehead atoms. The van der Waals surface area contributed by atoms with Crippen LogP contribution in [0, 0.1) is 0 Å². The molecule has 0 amide bonds. The normalized spacial score (nSPS) is 12.6. The van der Waals surface area contributed by atoms with Crippen LogP contribution in [0.25, 0.3) is 0 Å². The molecule has 0 saturated heterocycles. The summed E-state index contributed by atoms with van der Waals surface area (Å²) in [7, 11) is 0. The van der Waals surface area contributed by atoms with Gasteiger partial charge >= 0.3 is 0 Å². The first-order valence-electron chi connectivity index (χ1n) is 4.88. The highest BCUT2D eigenvalue weighted by molar-refractivity contribution is 6.31. The summed E-state index contributed by atoms with van der Waals surface area (Å²) in [6, 6.07) is 3.74. The van der Waals surface area contributed by atoms with Gasteiger partial charge in [-0.15, -0.1) is 0 Å². The van der Waals surface area contributed by atoms with E-state index in [-0.39, 0.29) is 6.04 Å². The van der Waals surface area contributed by atoms with E-state index in [1.165, 1.54) is 0 Å². The van der Waals surface area contributed by atoms with Crippen LogP contribution in [-0.4, -0.2) is 4.98 Å². The van der Waals surface area contributed by atoms with E-state index in [1.54, 1.807) is 24.9 Å². The van der Waals surface area contributed by atoms with Crippen molar-refractivity contribution in [1.29, 1.82) is 0 Å². The topological polar surface area (TPSA) is 64.1 Å². The van der Waals surface area contributed by atoms with E-state index in [2.05, 4.69) is 10.4 Å². The van der Waals surface area contributed by atoms with Crippen LogP contribution in [0.4, 0.5) is 0 Å². The first-order chi connectivity index (χ1) is 7.81. The molecule has 0 aromatic carbocycles. The van der Waals surface area contributed by atoms with Crippen LogP contribution >= 0.6 is 11.6 Å². The molecule has 2 heterocycles. The summed E-state index contributed by atoms with van der Waals surface area (Å²) in [5.41, 5.74) is 4.74. The second-order valence-corrected chi connectivity index (χ2v) is 3.85. The van der Waals surface area contributed by atoms with Crippen LogP contribution in [0.5, 0.6) is 0 Å². The fraction of sp³-hybridized carbons (Fsp3) is 0.182. The second kappa shape index (κ2) is 5.12. The van der Waals surface area contributed by atoms with Gasteiger partial charge in [0.05, 0.1) is 23.6 Å². The van der Waals surface area contributed by atoms with Gasteiger partial charge in [0, 0.05) is 18.0 Å². The average molecular weight is 238 g/mol. The number of hydrazine groups is 1. The molecule has 4 nitrogen and oxygen atoms in total. The largest absolute Gasteiger partial charge is 0.472 e. The Labute approximate surface area is 98.4 Å². The maximum atomic E-state index is 6.03. The zero-order valence-corrected chi connectivity index (χ0v) is 9.32. The summed E-state index contributed by atoms with van der Waals surface area (Å²) in [5, 5.41) is 0.645. The molecule has 2 aromatic rings. The number of hydrogen-bond acceptors (Lipinski definition) is 4. The molecule has 2 rings (SSSR count). The van der Waals surface area contributed by atoms with E-state index < -0.39 is 0 Å². The molecular formula is C11H12ClN3O. The van der Waals surface area contributed by atoms with Crippen molar-refractivity contribution in [2.24, 2.45) is 5.84 Å². The van der Waals surface area contributed by atoms with E-state index in [4.69, 9.17) is 21.9 Å². The van der Waals surface area contributed by atoms with Gasteiger partial charge in [-0.25, -0.2) is 0 Å².